The summed E-state index contributed by atoms with van der Waals surface area (Å²) in [5.41, 5.74) is 1.11. The van der Waals surface area contributed by atoms with Gasteiger partial charge in [-0.05, 0) is 38.9 Å². The first kappa shape index (κ1) is 9.71. The lowest BCUT2D eigenvalue weighted by Crippen LogP contribution is -2.27. The molecule has 1 fully saturated rings. The molecule has 3 nitrogen and oxygen atoms in total. The second kappa shape index (κ2) is 4.60. The average Bonchev–Trinajstić information content (AvgIpc) is 2.43. The van der Waals surface area contributed by atoms with E-state index >= 15 is 0 Å². The van der Waals surface area contributed by atoms with Crippen LogP contribution in [0.5, 0.6) is 0 Å². The molecule has 0 radical (unpaired) electrons. The second-order valence-corrected chi connectivity index (χ2v) is 4.17. The second-order valence-electron chi connectivity index (χ2n) is 4.17. The minimum atomic E-state index is 0.966. The Balaban J connectivity index is 1.89. The Bertz CT molecular complexity index is 272. The molecule has 2 heterocycles. The van der Waals surface area contributed by atoms with Crippen molar-refractivity contribution in [3.63, 3.8) is 0 Å². The molecule has 0 unspecified atom stereocenters. The monoisotopic (exact) mass is 193 g/mol. The van der Waals surface area contributed by atoms with Gasteiger partial charge in [-0.15, -0.1) is 0 Å². The zero-order valence-corrected chi connectivity index (χ0v) is 8.95. The SMILES string of the molecule is Cc1ccn(CN2CCCCCC2)n1. The van der Waals surface area contributed by atoms with Gasteiger partial charge in [-0.1, -0.05) is 12.8 Å². The quantitative estimate of drug-likeness (QED) is 0.716. The normalized spacial score (nSPS) is 19.5. The molecule has 1 saturated heterocycles. The summed E-state index contributed by atoms with van der Waals surface area (Å²) < 4.78 is 2.04. The van der Waals surface area contributed by atoms with E-state index < -0.39 is 0 Å². The molecule has 1 aliphatic rings. The molecule has 78 valence electrons. The van der Waals surface area contributed by atoms with Crippen molar-refractivity contribution < 1.29 is 0 Å². The van der Waals surface area contributed by atoms with Crippen molar-refractivity contribution in [3.8, 4) is 0 Å². The number of rotatable bonds is 2. The Morgan fingerprint density at radius 1 is 1.21 bits per heavy atom. The smallest absolute Gasteiger partial charge is 0.0928 e. The van der Waals surface area contributed by atoms with Gasteiger partial charge in [0, 0.05) is 6.20 Å². The van der Waals surface area contributed by atoms with E-state index in [-0.39, 0.29) is 0 Å². The molecular formula is C11H19N3. The molecule has 0 atom stereocenters. The molecule has 0 amide bonds. The van der Waals surface area contributed by atoms with Crippen LogP contribution in [0.15, 0.2) is 12.3 Å². The van der Waals surface area contributed by atoms with E-state index in [1.165, 1.54) is 38.8 Å². The zero-order chi connectivity index (χ0) is 9.80. The minimum Gasteiger partial charge on any atom is -0.284 e. The van der Waals surface area contributed by atoms with E-state index in [4.69, 9.17) is 0 Å². The van der Waals surface area contributed by atoms with Crippen LogP contribution >= 0.6 is 0 Å². The van der Waals surface area contributed by atoms with Crippen LogP contribution in [0.3, 0.4) is 0 Å². The highest BCUT2D eigenvalue weighted by molar-refractivity contribution is 4.94. The predicted molar refractivity (Wildman–Crippen MR) is 57.0 cm³/mol. The average molecular weight is 193 g/mol. The van der Waals surface area contributed by atoms with Crippen LogP contribution in [-0.4, -0.2) is 27.8 Å². The van der Waals surface area contributed by atoms with Gasteiger partial charge in [-0.25, -0.2) is 0 Å². The summed E-state index contributed by atoms with van der Waals surface area (Å²) in [6.07, 6.45) is 7.56. The number of aromatic nitrogens is 2. The van der Waals surface area contributed by atoms with E-state index in [9.17, 15) is 0 Å². The first-order valence-electron chi connectivity index (χ1n) is 5.57. The fraction of sp³-hybridized carbons (Fsp3) is 0.727. The molecule has 0 spiro atoms. The van der Waals surface area contributed by atoms with E-state index in [2.05, 4.69) is 22.3 Å². The van der Waals surface area contributed by atoms with Crippen LogP contribution in [0.4, 0.5) is 0 Å². The summed E-state index contributed by atoms with van der Waals surface area (Å²) in [5, 5.41) is 4.41. The molecule has 14 heavy (non-hydrogen) atoms. The van der Waals surface area contributed by atoms with Crippen molar-refractivity contribution in [2.24, 2.45) is 0 Å². The highest BCUT2D eigenvalue weighted by atomic mass is 15.4. The number of nitrogens with zero attached hydrogens (tertiary/aromatic N) is 3. The minimum absolute atomic E-state index is 0.966. The van der Waals surface area contributed by atoms with Crippen molar-refractivity contribution in [2.45, 2.75) is 39.3 Å². The van der Waals surface area contributed by atoms with Crippen molar-refractivity contribution in [1.82, 2.24) is 14.7 Å². The third kappa shape index (κ3) is 2.58. The Hall–Kier alpha value is -0.830. The van der Waals surface area contributed by atoms with Gasteiger partial charge in [0.1, 0.15) is 0 Å². The first-order valence-corrected chi connectivity index (χ1v) is 5.57. The summed E-state index contributed by atoms with van der Waals surface area (Å²) >= 11 is 0. The molecule has 0 N–H and O–H groups in total. The fourth-order valence-electron chi connectivity index (χ4n) is 2.02. The molecule has 3 heteroatoms. The largest absolute Gasteiger partial charge is 0.284 e. The van der Waals surface area contributed by atoms with Gasteiger partial charge in [0.25, 0.3) is 0 Å². The van der Waals surface area contributed by atoms with E-state index in [1.807, 2.05) is 11.6 Å². The molecule has 1 aromatic rings. The third-order valence-corrected chi connectivity index (χ3v) is 2.82. The molecule has 0 aromatic carbocycles. The predicted octanol–water partition coefficient (Wildman–Crippen LogP) is 2.03. The zero-order valence-electron chi connectivity index (χ0n) is 8.95. The lowest BCUT2D eigenvalue weighted by atomic mass is 10.2. The number of hydrogen-bond acceptors (Lipinski definition) is 2. The summed E-state index contributed by atoms with van der Waals surface area (Å²) in [6, 6.07) is 2.07. The van der Waals surface area contributed by atoms with Crippen LogP contribution in [0.2, 0.25) is 0 Å². The lowest BCUT2D eigenvalue weighted by molar-refractivity contribution is 0.215. The number of likely N-dealkylation sites (tertiary alicyclic amines) is 1. The summed E-state index contributed by atoms with van der Waals surface area (Å²) in [6.45, 7) is 5.48. The Morgan fingerprint density at radius 3 is 2.50 bits per heavy atom. The number of aryl methyl sites for hydroxylation is 1. The molecule has 0 aliphatic carbocycles. The van der Waals surface area contributed by atoms with E-state index in [0.29, 0.717) is 0 Å². The van der Waals surface area contributed by atoms with Crippen molar-refractivity contribution in [1.29, 1.82) is 0 Å². The fourth-order valence-corrected chi connectivity index (χ4v) is 2.02. The highest BCUT2D eigenvalue weighted by Crippen LogP contribution is 2.10. The van der Waals surface area contributed by atoms with Gasteiger partial charge >= 0.3 is 0 Å². The third-order valence-electron chi connectivity index (χ3n) is 2.82. The van der Waals surface area contributed by atoms with Gasteiger partial charge in [-0.2, -0.15) is 5.10 Å². The lowest BCUT2D eigenvalue weighted by Gasteiger charge is -2.19. The highest BCUT2D eigenvalue weighted by Gasteiger charge is 2.09. The summed E-state index contributed by atoms with van der Waals surface area (Å²) in [4.78, 5) is 2.50. The van der Waals surface area contributed by atoms with Crippen LogP contribution in [0.1, 0.15) is 31.4 Å². The Kier molecular flexibility index (Phi) is 3.19. The maximum absolute atomic E-state index is 4.41. The molecule has 2 rings (SSSR count). The topological polar surface area (TPSA) is 21.1 Å². The van der Waals surface area contributed by atoms with E-state index in [0.717, 1.165) is 12.4 Å². The van der Waals surface area contributed by atoms with Gasteiger partial charge < -0.3 is 0 Å². The van der Waals surface area contributed by atoms with Crippen molar-refractivity contribution in [3.05, 3.63) is 18.0 Å². The molecule has 1 aliphatic heterocycles. The van der Waals surface area contributed by atoms with Gasteiger partial charge in [-0.3, -0.25) is 9.58 Å². The maximum atomic E-state index is 4.41. The van der Waals surface area contributed by atoms with Crippen molar-refractivity contribution in [2.75, 3.05) is 13.1 Å². The van der Waals surface area contributed by atoms with Gasteiger partial charge in [0.15, 0.2) is 0 Å². The van der Waals surface area contributed by atoms with Crippen molar-refractivity contribution >= 4 is 0 Å². The van der Waals surface area contributed by atoms with Crippen LogP contribution in [0, 0.1) is 6.92 Å². The van der Waals surface area contributed by atoms with E-state index in [1.54, 1.807) is 0 Å². The number of hydrogen-bond donors (Lipinski definition) is 0. The molecular weight excluding hydrogens is 174 g/mol. The maximum Gasteiger partial charge on any atom is 0.0928 e. The van der Waals surface area contributed by atoms with Gasteiger partial charge in [0.05, 0.1) is 12.4 Å². The standard InChI is InChI=1S/C11H19N3/c1-11-6-9-14(12-11)10-13-7-4-2-3-5-8-13/h6,9H,2-5,7-8,10H2,1H3. The summed E-state index contributed by atoms with van der Waals surface area (Å²) in [5.74, 6) is 0. The van der Waals surface area contributed by atoms with Crippen LogP contribution in [-0.2, 0) is 6.67 Å². The van der Waals surface area contributed by atoms with Gasteiger partial charge in [0.2, 0.25) is 0 Å². The molecule has 0 saturated carbocycles. The van der Waals surface area contributed by atoms with Crippen LogP contribution in [0.25, 0.3) is 0 Å². The molecule has 0 bridgehead atoms. The molecule has 1 aromatic heterocycles. The van der Waals surface area contributed by atoms with Crippen LogP contribution < -0.4 is 0 Å². The Morgan fingerprint density at radius 2 is 1.93 bits per heavy atom. The Labute approximate surface area is 85.7 Å². The summed E-state index contributed by atoms with van der Waals surface area (Å²) in [7, 11) is 0. The first-order chi connectivity index (χ1) is 6.84.